The number of aliphatic hydroxyl groups is 24. The molecule has 0 saturated carbocycles. The zero-order valence-corrected chi connectivity index (χ0v) is 64.7. The lowest BCUT2D eigenvalue weighted by atomic mass is 9.88. The van der Waals surface area contributed by atoms with E-state index >= 15 is 0 Å². The second-order valence-electron chi connectivity index (χ2n) is 30.4. The Morgan fingerprint density at radius 3 is 0.941 bits per heavy atom. The van der Waals surface area contributed by atoms with E-state index in [2.05, 4.69) is 21.3 Å². The topological polar surface area (TPSA) is 824 Å². The Kier molecular flexibility index (Phi) is 35.6. The van der Waals surface area contributed by atoms with Gasteiger partial charge < -0.3 is 230 Å². The number of carbonyl (C=O) groups is 6. The molecule has 8 fully saturated rings. The van der Waals surface area contributed by atoms with Crippen molar-refractivity contribution in [1.29, 1.82) is 0 Å². The molecule has 0 unspecified atom stereocenters. The molecule has 119 heavy (non-hydrogen) atoms. The van der Waals surface area contributed by atoms with E-state index in [1.807, 2.05) is 0 Å². The third-order valence-electron chi connectivity index (χ3n) is 21.6. The molecule has 30 N–H and O–H groups in total. The summed E-state index contributed by atoms with van der Waals surface area (Å²) in [5, 5.41) is 296. The van der Waals surface area contributed by atoms with Crippen LogP contribution in [0.25, 0.3) is 0 Å². The number of hydrogen-bond acceptors (Lipinski definition) is 46. The number of carbonyl (C=O) groups excluding carboxylic acids is 4. The molecule has 4 amide bonds. The van der Waals surface area contributed by atoms with Gasteiger partial charge in [-0.25, -0.2) is 9.59 Å². The van der Waals surface area contributed by atoms with Crippen molar-refractivity contribution in [2.24, 2.45) is 5.41 Å². The highest BCUT2D eigenvalue weighted by Gasteiger charge is 2.64. The number of ether oxygens (including phenoxy) is 16. The van der Waals surface area contributed by atoms with Crippen molar-refractivity contribution in [3.63, 3.8) is 0 Å². The number of nitrogens with one attached hydrogen (secondary N) is 4. The van der Waals surface area contributed by atoms with Crippen molar-refractivity contribution in [2.75, 3.05) is 66.1 Å². The summed E-state index contributed by atoms with van der Waals surface area (Å²) in [6.45, 7) is -5.72. The van der Waals surface area contributed by atoms with Crippen LogP contribution in [0.1, 0.15) is 54.4 Å². The molecule has 0 bridgehead atoms. The number of hydrogen-bond donors (Lipinski definition) is 30. The van der Waals surface area contributed by atoms with Crippen molar-refractivity contribution in [1.82, 2.24) is 21.3 Å². The van der Waals surface area contributed by atoms with Crippen LogP contribution in [0.5, 0.6) is 0 Å². The third kappa shape index (κ3) is 22.2. The Morgan fingerprint density at radius 2 is 0.655 bits per heavy atom. The first-order valence-corrected chi connectivity index (χ1v) is 37.7. The van der Waals surface area contributed by atoms with Crippen LogP contribution in [-0.4, -0.2) is 491 Å². The summed E-state index contributed by atoms with van der Waals surface area (Å²) in [5.41, 5.74) is -2.24. The van der Waals surface area contributed by atoms with Crippen molar-refractivity contribution in [2.45, 2.75) is 311 Å². The number of carboxylic acids is 2. The maximum atomic E-state index is 13.4. The number of aliphatic carboxylic acids is 2. The zero-order chi connectivity index (χ0) is 88.7. The summed E-state index contributed by atoms with van der Waals surface area (Å²) in [6.07, 6.45) is -78.6. The van der Waals surface area contributed by atoms with Crippen LogP contribution in [0.3, 0.4) is 0 Å². The Bertz CT molecular complexity index is 3070. The summed E-state index contributed by atoms with van der Waals surface area (Å²) in [4.78, 5) is 77.8. The van der Waals surface area contributed by atoms with Gasteiger partial charge in [-0.3, -0.25) is 19.2 Å². The second kappa shape index (κ2) is 42.5. The normalized spacial score (nSPS) is 44.0. The highest BCUT2D eigenvalue weighted by molar-refractivity contribution is 5.78. The van der Waals surface area contributed by atoms with Gasteiger partial charge in [0.25, 0.3) is 11.6 Å². The Balaban J connectivity index is 1.08. The number of amides is 4. The molecule has 0 aromatic carbocycles. The summed E-state index contributed by atoms with van der Waals surface area (Å²) in [7, 11) is 0. The summed E-state index contributed by atoms with van der Waals surface area (Å²) < 4.78 is 95.8. The van der Waals surface area contributed by atoms with Crippen LogP contribution in [0, 0.1) is 5.41 Å². The standard InChI is InChI=1S/C67H112N4O48/c1-19-37(88)41(92)45(96)59(106-19)114-55-35(70-23(5)82)57(108-31(13-76)51(55)112-61-47(98)43(94)49(29(11-74)110-61)116-66(63(100)101)7-25(84)33(68-21(3)80)53(118-66)39(90)27(86)9-72)104-17-65(15-78,16-79)18-105-58-36(71-24(6)83)56(115-60-46(97)42(93)38(89)20(2)107-60)52(32(14-77)109-58)113-62-48(99)44(95)50(30(12-75)111-62)117-67(64(102)103)8-26(85)34(69-22(4)81)54(119-67)40(91)28(87)10-73/h19-20,25-62,72-79,84-99H,7-18H2,1-6H3,(H,68,80)(H,69,81)(H,70,82)(H,71,83)(H,100,101)(H,102,103)/t19-,20-,25-,26-,27+,28+,29+,30+,31+,32+,33+,34+,35+,36+,37+,38+,39+,40+,41+,42+,43+,44+,45-,46-,47+,48+,49-,50-,51+,52+,53+,54+,55+,56+,57+,58+,59-,60-,61-,62-,66+,67+/m0/s1. The largest absolute Gasteiger partial charge is 0.477 e. The van der Waals surface area contributed by atoms with E-state index in [9.17, 15) is 162 Å². The van der Waals surface area contributed by atoms with E-state index in [1.54, 1.807) is 0 Å². The molecule has 8 rings (SSSR count). The molecule has 8 saturated heterocycles. The fourth-order valence-corrected chi connectivity index (χ4v) is 15.0. The first-order chi connectivity index (χ1) is 55.9. The van der Waals surface area contributed by atoms with Gasteiger partial charge in [-0.2, -0.15) is 0 Å². The van der Waals surface area contributed by atoms with Crippen molar-refractivity contribution in [3.05, 3.63) is 0 Å². The minimum atomic E-state index is -3.24. The molecule has 8 aliphatic rings. The summed E-state index contributed by atoms with van der Waals surface area (Å²) >= 11 is 0. The lowest BCUT2D eigenvalue weighted by molar-refractivity contribution is -0.392. The quantitative estimate of drug-likeness (QED) is 0.0277. The Labute approximate surface area is 674 Å². The van der Waals surface area contributed by atoms with Crippen molar-refractivity contribution >= 4 is 35.6 Å². The van der Waals surface area contributed by atoms with Crippen LogP contribution in [0.2, 0.25) is 0 Å². The van der Waals surface area contributed by atoms with Crippen LogP contribution in [0.15, 0.2) is 0 Å². The first-order valence-electron chi connectivity index (χ1n) is 37.7. The Hall–Kier alpha value is -4.78. The van der Waals surface area contributed by atoms with E-state index in [1.165, 1.54) is 13.8 Å². The van der Waals surface area contributed by atoms with Crippen molar-refractivity contribution < 1.29 is 237 Å². The molecule has 52 nitrogen and oxygen atoms in total. The van der Waals surface area contributed by atoms with Crippen LogP contribution >= 0.6 is 0 Å². The smallest absolute Gasteiger partial charge is 0.364 e. The molecule has 0 spiro atoms. The molecule has 52 heteroatoms. The van der Waals surface area contributed by atoms with E-state index in [-0.39, 0.29) is 0 Å². The lowest BCUT2D eigenvalue weighted by Gasteiger charge is -2.52. The van der Waals surface area contributed by atoms with Crippen molar-refractivity contribution in [3.8, 4) is 0 Å². The molecule has 8 heterocycles. The minimum absolute atomic E-state index is 0.863. The van der Waals surface area contributed by atoms with E-state index in [0.717, 1.165) is 27.7 Å². The Morgan fingerprint density at radius 1 is 0.378 bits per heavy atom. The van der Waals surface area contributed by atoms with E-state index < -0.39 is 376 Å². The number of carboxylic acid groups (broad SMARTS) is 2. The lowest BCUT2D eigenvalue weighted by Crippen LogP contribution is -2.71. The summed E-state index contributed by atoms with van der Waals surface area (Å²) in [5.74, 6) is -14.4. The van der Waals surface area contributed by atoms with Crippen LogP contribution in [0.4, 0.5) is 0 Å². The van der Waals surface area contributed by atoms with Gasteiger partial charge in [0.1, 0.15) is 171 Å². The maximum Gasteiger partial charge on any atom is 0.364 e. The molecule has 0 aromatic rings. The van der Waals surface area contributed by atoms with E-state index in [4.69, 9.17) is 75.8 Å². The number of rotatable bonds is 36. The van der Waals surface area contributed by atoms with Crippen LogP contribution < -0.4 is 21.3 Å². The van der Waals surface area contributed by atoms with Gasteiger partial charge in [0.05, 0.1) is 108 Å². The van der Waals surface area contributed by atoms with E-state index in [0.29, 0.717) is 0 Å². The SMILES string of the molecule is CC(=O)N[C@H]1[C@H](OCC(CO)(CO)CO[C@@H]2O[C@H](CO)[C@@H](O[C@@H]3O[C@H](CO)[C@H](O[C@]4(C(=O)O)C[C@H](O)[C@@H](NC(C)=O)[C@H]([C@H](O)[C@H](O)CO)O4)[C@H](O)[C@H]3O)[C@H](O[C@@H]3O[C@@H](C)[C@@H](O)[C@@H](O)[C@@H]3O)[C@H]2NC(C)=O)O[C@H](CO)[C@@H](O[C@@H]2O[C@H](CO)[C@H](O[C@]3(C(=O)O)C[C@H](O)[C@@H](NC(C)=O)[C@H]([C@H](O)[C@H](O)CO)O3)[C@H](O)[C@H]2O)[C@@H]1O[C@@H]1O[C@@H](C)[C@@H](O)[C@@H](O)[C@@H]1O. The summed E-state index contributed by atoms with van der Waals surface area (Å²) in [6, 6.07) is -7.35. The molecule has 8 aliphatic heterocycles. The minimum Gasteiger partial charge on any atom is -0.477 e. The highest BCUT2D eigenvalue weighted by Crippen LogP contribution is 2.43. The molecule has 0 aromatic heterocycles. The maximum absolute atomic E-state index is 13.4. The van der Waals surface area contributed by atoms with Gasteiger partial charge in [-0.05, 0) is 13.8 Å². The van der Waals surface area contributed by atoms with Gasteiger partial charge in [-0.1, -0.05) is 0 Å². The van der Waals surface area contributed by atoms with Gasteiger partial charge in [0.2, 0.25) is 23.6 Å². The van der Waals surface area contributed by atoms with Crippen LogP contribution in [-0.2, 0) is 105 Å². The third-order valence-corrected chi connectivity index (χ3v) is 21.6. The second-order valence-corrected chi connectivity index (χ2v) is 30.4. The molecule has 42 atom stereocenters. The zero-order valence-electron chi connectivity index (χ0n) is 64.7. The molecule has 0 aliphatic carbocycles. The van der Waals surface area contributed by atoms with Gasteiger partial charge >= 0.3 is 11.9 Å². The average molecular weight is 1740 g/mol. The predicted molar refractivity (Wildman–Crippen MR) is 370 cm³/mol. The molecular formula is C67H112N4O48. The highest BCUT2D eigenvalue weighted by atomic mass is 16.8. The first kappa shape index (κ1) is 99.6. The average Bonchev–Trinajstić information content (AvgIpc) is 0.753. The predicted octanol–water partition coefficient (Wildman–Crippen LogP) is -18.4. The monoisotopic (exact) mass is 1740 g/mol. The van der Waals surface area contributed by atoms with Gasteiger partial charge in [-0.15, -0.1) is 0 Å². The molecular weight excluding hydrogens is 1630 g/mol. The fraction of sp³-hybridized carbons (Fsp3) is 0.910. The van der Waals surface area contributed by atoms with Gasteiger partial charge in [0.15, 0.2) is 37.7 Å². The number of aliphatic hydroxyl groups excluding tert-OH is 24. The molecule has 688 valence electrons. The fourth-order valence-electron chi connectivity index (χ4n) is 15.0. The molecule has 0 radical (unpaired) electrons. The van der Waals surface area contributed by atoms with Gasteiger partial charge in [0, 0.05) is 40.5 Å².